The zero-order valence-corrected chi connectivity index (χ0v) is 13.6. The maximum atomic E-state index is 11.6. The fourth-order valence-electron chi connectivity index (χ4n) is 1.51. The van der Waals surface area contributed by atoms with Crippen molar-refractivity contribution in [1.29, 1.82) is 0 Å². The molecular weight excluding hydrogens is 349 g/mol. The summed E-state index contributed by atoms with van der Waals surface area (Å²) in [4.78, 5) is 27.3. The summed E-state index contributed by atoms with van der Waals surface area (Å²) >= 11 is 12.9. The molecule has 4 N–H and O–H groups in total. The Labute approximate surface area is 141 Å². The Bertz CT molecular complexity index is 611. The van der Waals surface area contributed by atoms with E-state index in [-0.39, 0.29) is 11.7 Å². The maximum Gasteiger partial charge on any atom is 0.337 e. The lowest BCUT2D eigenvalue weighted by Crippen LogP contribution is -2.44. The third kappa shape index (κ3) is 5.28. The van der Waals surface area contributed by atoms with Gasteiger partial charge in [-0.1, -0.05) is 35.0 Å². The summed E-state index contributed by atoms with van der Waals surface area (Å²) in [7, 11) is 0. The minimum atomic E-state index is -0.590. The molecule has 1 aliphatic rings. The van der Waals surface area contributed by atoms with Crippen LogP contribution in [0.15, 0.2) is 23.2 Å². The molecule has 0 bridgehead atoms. The summed E-state index contributed by atoms with van der Waals surface area (Å²) < 4.78 is 0. The van der Waals surface area contributed by atoms with Gasteiger partial charge in [-0.3, -0.25) is 15.2 Å². The average Bonchev–Trinajstić information content (AvgIpc) is 3.00. The molecule has 10 heteroatoms. The second-order valence-corrected chi connectivity index (χ2v) is 5.94. The molecule has 1 heterocycles. The van der Waals surface area contributed by atoms with Crippen molar-refractivity contribution >= 4 is 57.8 Å². The van der Waals surface area contributed by atoms with Crippen molar-refractivity contribution in [3.8, 4) is 0 Å². The highest BCUT2D eigenvalue weighted by atomic mass is 35.5. The van der Waals surface area contributed by atoms with Crippen molar-refractivity contribution in [1.82, 2.24) is 16.2 Å². The number of aliphatic imine (C=N–C) groups is 1. The Morgan fingerprint density at radius 2 is 2.09 bits per heavy atom. The van der Waals surface area contributed by atoms with Gasteiger partial charge in [0.05, 0.1) is 22.3 Å². The number of nitrogens with zero attached hydrogens (tertiary/aromatic N) is 1. The predicted molar refractivity (Wildman–Crippen MR) is 89.5 cm³/mol. The minimum absolute atomic E-state index is 0.152. The Balaban J connectivity index is 1.70. The fraction of sp³-hybridized carbons (Fsp3) is 0.250. The second-order valence-electron chi connectivity index (χ2n) is 4.16. The molecule has 0 fully saturated rings. The van der Waals surface area contributed by atoms with Crippen LogP contribution in [0.1, 0.15) is 0 Å². The maximum absolute atomic E-state index is 11.6. The van der Waals surface area contributed by atoms with Crippen molar-refractivity contribution < 1.29 is 9.59 Å². The quantitative estimate of drug-likeness (QED) is 0.617. The molecule has 0 saturated heterocycles. The first kappa shape index (κ1) is 16.7. The number of hydrazine groups is 1. The summed E-state index contributed by atoms with van der Waals surface area (Å²) in [5, 5.41) is 6.99. The Kier molecular flexibility index (Phi) is 6.17. The Hall–Kier alpha value is -1.64. The van der Waals surface area contributed by atoms with Crippen LogP contribution in [0, 0.1) is 0 Å². The van der Waals surface area contributed by atoms with Crippen molar-refractivity contribution in [2.75, 3.05) is 24.2 Å². The molecule has 0 saturated carbocycles. The lowest BCUT2D eigenvalue weighted by Gasteiger charge is -2.09. The Morgan fingerprint density at radius 1 is 1.27 bits per heavy atom. The van der Waals surface area contributed by atoms with Crippen LogP contribution in [0.2, 0.25) is 10.0 Å². The van der Waals surface area contributed by atoms with E-state index in [0.29, 0.717) is 22.3 Å². The zero-order valence-electron chi connectivity index (χ0n) is 11.3. The minimum Gasteiger partial charge on any atom is -0.363 e. The summed E-state index contributed by atoms with van der Waals surface area (Å²) in [5.74, 6) is -0.190. The third-order valence-corrected chi connectivity index (χ3v) is 4.17. The topological polar surface area (TPSA) is 94.6 Å². The average molecular weight is 362 g/mol. The van der Waals surface area contributed by atoms with Crippen LogP contribution in [-0.4, -0.2) is 35.9 Å². The molecule has 1 aliphatic heterocycles. The number of urea groups is 1. The summed E-state index contributed by atoms with van der Waals surface area (Å²) in [6.45, 7) is 1.50. The molecule has 7 nitrogen and oxygen atoms in total. The smallest absolute Gasteiger partial charge is 0.337 e. The Morgan fingerprint density at radius 3 is 2.77 bits per heavy atom. The number of amides is 3. The van der Waals surface area contributed by atoms with Crippen LogP contribution < -0.4 is 21.5 Å². The number of rotatable bonds is 3. The van der Waals surface area contributed by atoms with Crippen molar-refractivity contribution in [3.05, 3.63) is 28.2 Å². The first-order valence-corrected chi connectivity index (χ1v) is 8.01. The molecule has 0 unspecified atom stereocenters. The number of anilines is 1. The van der Waals surface area contributed by atoms with Gasteiger partial charge in [0.2, 0.25) is 5.91 Å². The van der Waals surface area contributed by atoms with Gasteiger partial charge in [-0.15, -0.1) is 0 Å². The van der Waals surface area contributed by atoms with Crippen LogP contribution in [-0.2, 0) is 4.79 Å². The fourth-order valence-corrected chi connectivity index (χ4v) is 2.53. The van der Waals surface area contributed by atoms with E-state index in [9.17, 15) is 9.59 Å². The molecule has 118 valence electrons. The largest absolute Gasteiger partial charge is 0.363 e. The van der Waals surface area contributed by atoms with Gasteiger partial charge >= 0.3 is 6.03 Å². The van der Waals surface area contributed by atoms with Crippen LogP contribution in [0.3, 0.4) is 0 Å². The number of carbonyl (C=O) groups is 2. The second kappa shape index (κ2) is 8.11. The number of carbonyl (C=O) groups excluding carboxylic acids is 2. The van der Waals surface area contributed by atoms with E-state index in [0.717, 1.165) is 11.7 Å². The van der Waals surface area contributed by atoms with Gasteiger partial charge < -0.3 is 10.6 Å². The summed E-state index contributed by atoms with van der Waals surface area (Å²) in [5.41, 5.74) is 4.99. The number of thioether (sulfide) groups is 1. The van der Waals surface area contributed by atoms with Crippen LogP contribution >= 0.6 is 35.0 Å². The predicted octanol–water partition coefficient (Wildman–Crippen LogP) is 1.84. The van der Waals surface area contributed by atoms with Gasteiger partial charge in [0, 0.05) is 12.2 Å². The van der Waals surface area contributed by atoms with Crippen LogP contribution in [0.4, 0.5) is 10.5 Å². The number of benzene rings is 1. The van der Waals surface area contributed by atoms with Gasteiger partial charge in [-0.25, -0.2) is 10.2 Å². The van der Waals surface area contributed by atoms with Gasteiger partial charge in [0.25, 0.3) is 0 Å². The van der Waals surface area contributed by atoms with Crippen LogP contribution in [0.25, 0.3) is 0 Å². The zero-order chi connectivity index (χ0) is 15.9. The molecule has 22 heavy (non-hydrogen) atoms. The first-order valence-electron chi connectivity index (χ1n) is 6.26. The molecule has 0 spiro atoms. The molecule has 0 atom stereocenters. The molecule has 0 aliphatic carbocycles. The van der Waals surface area contributed by atoms with E-state index < -0.39 is 6.03 Å². The molecule has 0 radical (unpaired) electrons. The molecule has 0 aromatic heterocycles. The lowest BCUT2D eigenvalue weighted by molar-refractivity contribution is -0.119. The van der Waals surface area contributed by atoms with Crippen molar-refractivity contribution in [2.45, 2.75) is 0 Å². The third-order valence-electron chi connectivity index (χ3n) is 2.48. The molecule has 1 aromatic carbocycles. The van der Waals surface area contributed by atoms with Gasteiger partial charge in [-0.2, -0.15) is 0 Å². The van der Waals surface area contributed by atoms with E-state index in [1.807, 2.05) is 0 Å². The highest BCUT2D eigenvalue weighted by molar-refractivity contribution is 8.14. The molecule has 1 aromatic rings. The number of hydrogen-bond donors (Lipinski definition) is 4. The van der Waals surface area contributed by atoms with Crippen molar-refractivity contribution in [2.24, 2.45) is 4.99 Å². The normalized spacial score (nSPS) is 13.1. The van der Waals surface area contributed by atoms with Gasteiger partial charge in [-0.05, 0) is 18.2 Å². The van der Waals surface area contributed by atoms with E-state index in [2.05, 4.69) is 26.5 Å². The van der Waals surface area contributed by atoms with E-state index >= 15 is 0 Å². The number of nitrogens with one attached hydrogen (secondary N) is 4. The number of hydrogen-bond acceptors (Lipinski definition) is 5. The first-order chi connectivity index (χ1) is 10.5. The number of halogens is 2. The molecule has 2 rings (SSSR count). The van der Waals surface area contributed by atoms with E-state index in [4.69, 9.17) is 23.2 Å². The highest BCUT2D eigenvalue weighted by Gasteiger charge is 2.10. The van der Waals surface area contributed by atoms with Crippen LogP contribution in [0.5, 0.6) is 0 Å². The standard InChI is InChI=1S/C12H13Cl2N5O2S/c13-8-2-1-7(5-9(8)14)17-11(21)19-18-10(20)6-22-12-15-3-4-16-12/h1-2,5H,3-4,6H2,(H,15,16)(H,18,20)(H2,17,19,21). The highest BCUT2D eigenvalue weighted by Crippen LogP contribution is 2.24. The van der Waals surface area contributed by atoms with Gasteiger partial charge in [0.15, 0.2) is 5.17 Å². The van der Waals surface area contributed by atoms with E-state index in [1.165, 1.54) is 17.8 Å². The molecule has 3 amide bonds. The van der Waals surface area contributed by atoms with Crippen molar-refractivity contribution in [3.63, 3.8) is 0 Å². The summed E-state index contributed by atoms with van der Waals surface area (Å²) in [6, 6.07) is 4.07. The summed E-state index contributed by atoms with van der Waals surface area (Å²) in [6.07, 6.45) is 0. The monoisotopic (exact) mass is 361 g/mol. The SMILES string of the molecule is O=C(CSC1=NCCN1)NNC(=O)Nc1ccc(Cl)c(Cl)c1. The number of amidine groups is 1. The lowest BCUT2D eigenvalue weighted by atomic mass is 10.3. The van der Waals surface area contributed by atoms with E-state index in [1.54, 1.807) is 12.1 Å². The molecular formula is C12H13Cl2N5O2S. The van der Waals surface area contributed by atoms with Gasteiger partial charge in [0.1, 0.15) is 0 Å².